The van der Waals surface area contributed by atoms with E-state index >= 15 is 0 Å². The SMILES string of the molecule is O=[N+]([O-])c1ccc(NCC2CSCCS2)cc1I. The fraction of sp³-hybridized carbons (Fsp3) is 0.455. The third-order valence-corrected chi connectivity index (χ3v) is 6.27. The molecule has 0 radical (unpaired) electrons. The van der Waals surface area contributed by atoms with E-state index in [1.54, 1.807) is 12.1 Å². The Hall–Kier alpha value is -0.150. The minimum Gasteiger partial charge on any atom is -0.384 e. The summed E-state index contributed by atoms with van der Waals surface area (Å²) < 4.78 is 0.674. The topological polar surface area (TPSA) is 55.2 Å². The zero-order valence-corrected chi connectivity index (χ0v) is 13.4. The van der Waals surface area contributed by atoms with Crippen molar-refractivity contribution in [2.24, 2.45) is 0 Å². The first-order valence-electron chi connectivity index (χ1n) is 5.54. The first-order chi connectivity index (χ1) is 8.66. The number of nitro groups is 1. The Morgan fingerprint density at radius 2 is 2.33 bits per heavy atom. The van der Waals surface area contributed by atoms with Crippen LogP contribution in [0.3, 0.4) is 0 Å². The average Bonchev–Trinajstić information content (AvgIpc) is 2.37. The molecule has 98 valence electrons. The summed E-state index contributed by atoms with van der Waals surface area (Å²) in [5, 5.41) is 14.7. The molecule has 1 N–H and O–H groups in total. The van der Waals surface area contributed by atoms with Crippen molar-refractivity contribution in [3.05, 3.63) is 31.9 Å². The highest BCUT2D eigenvalue weighted by Crippen LogP contribution is 2.26. The highest BCUT2D eigenvalue weighted by Gasteiger charge is 2.15. The van der Waals surface area contributed by atoms with Crippen LogP contribution in [0.2, 0.25) is 0 Å². The van der Waals surface area contributed by atoms with Crippen LogP contribution in [-0.4, -0.2) is 34.0 Å². The molecule has 7 heteroatoms. The monoisotopic (exact) mass is 396 g/mol. The highest BCUT2D eigenvalue weighted by atomic mass is 127. The second-order valence-electron chi connectivity index (χ2n) is 3.87. The molecule has 4 nitrogen and oxygen atoms in total. The molecule has 0 aromatic heterocycles. The first-order valence-corrected chi connectivity index (χ1v) is 8.82. The lowest BCUT2D eigenvalue weighted by atomic mass is 10.3. The lowest BCUT2D eigenvalue weighted by Crippen LogP contribution is -2.23. The molecule has 0 bridgehead atoms. The maximum Gasteiger partial charge on any atom is 0.282 e. The largest absolute Gasteiger partial charge is 0.384 e. The van der Waals surface area contributed by atoms with Crippen LogP contribution in [0.5, 0.6) is 0 Å². The number of halogens is 1. The molecule has 0 amide bonds. The van der Waals surface area contributed by atoms with E-state index in [1.165, 1.54) is 17.3 Å². The maximum atomic E-state index is 10.7. The normalized spacial score (nSPS) is 19.5. The summed E-state index contributed by atoms with van der Waals surface area (Å²) in [6, 6.07) is 5.17. The summed E-state index contributed by atoms with van der Waals surface area (Å²) in [6.45, 7) is 0.922. The quantitative estimate of drug-likeness (QED) is 0.480. The van der Waals surface area contributed by atoms with E-state index in [2.05, 4.69) is 5.32 Å². The van der Waals surface area contributed by atoms with Crippen molar-refractivity contribution in [2.45, 2.75) is 5.25 Å². The summed E-state index contributed by atoms with van der Waals surface area (Å²) in [5.74, 6) is 3.65. The average molecular weight is 396 g/mol. The first kappa shape index (κ1) is 14.3. The molecule has 0 spiro atoms. The van der Waals surface area contributed by atoms with Crippen LogP contribution in [0.15, 0.2) is 18.2 Å². The van der Waals surface area contributed by atoms with E-state index in [1.807, 2.05) is 52.2 Å². The van der Waals surface area contributed by atoms with Crippen molar-refractivity contribution in [3.63, 3.8) is 0 Å². The van der Waals surface area contributed by atoms with Crippen molar-refractivity contribution in [1.82, 2.24) is 0 Å². The van der Waals surface area contributed by atoms with Gasteiger partial charge in [0.05, 0.1) is 8.49 Å². The molecule has 1 fully saturated rings. The zero-order chi connectivity index (χ0) is 13.0. The molecular weight excluding hydrogens is 383 g/mol. The van der Waals surface area contributed by atoms with Crippen molar-refractivity contribution in [3.8, 4) is 0 Å². The van der Waals surface area contributed by atoms with Crippen molar-refractivity contribution >= 4 is 57.5 Å². The van der Waals surface area contributed by atoms with Gasteiger partial charge in [-0.05, 0) is 34.7 Å². The molecular formula is C11H13IN2O2S2. The molecule has 0 saturated carbocycles. The van der Waals surface area contributed by atoms with Crippen LogP contribution in [0, 0.1) is 13.7 Å². The third kappa shape index (κ3) is 3.92. The van der Waals surface area contributed by atoms with Gasteiger partial charge in [0.2, 0.25) is 0 Å². The van der Waals surface area contributed by atoms with Gasteiger partial charge in [0.25, 0.3) is 5.69 Å². The fourth-order valence-electron chi connectivity index (χ4n) is 1.65. The second-order valence-corrected chi connectivity index (χ2v) is 7.59. The van der Waals surface area contributed by atoms with Gasteiger partial charge in [-0.1, -0.05) is 0 Å². The van der Waals surface area contributed by atoms with E-state index in [0.29, 0.717) is 8.82 Å². The minimum atomic E-state index is -0.348. The predicted octanol–water partition coefficient (Wildman–Crippen LogP) is 3.46. The van der Waals surface area contributed by atoms with Crippen LogP contribution in [0.25, 0.3) is 0 Å². The van der Waals surface area contributed by atoms with Crippen molar-refractivity contribution in [1.29, 1.82) is 0 Å². The number of benzene rings is 1. The Morgan fingerprint density at radius 3 is 2.94 bits per heavy atom. The Kier molecular flexibility index (Phi) is 5.43. The molecule has 1 aliphatic rings. The minimum absolute atomic E-state index is 0.170. The Morgan fingerprint density at radius 1 is 1.50 bits per heavy atom. The zero-order valence-electron chi connectivity index (χ0n) is 9.60. The van der Waals surface area contributed by atoms with Crippen LogP contribution >= 0.6 is 46.1 Å². The maximum absolute atomic E-state index is 10.7. The molecule has 2 rings (SSSR count). The van der Waals surface area contributed by atoms with Gasteiger partial charge in [-0.2, -0.15) is 23.5 Å². The number of hydrogen-bond acceptors (Lipinski definition) is 5. The Bertz CT molecular complexity index is 439. The molecule has 0 aliphatic carbocycles. The third-order valence-electron chi connectivity index (χ3n) is 2.56. The van der Waals surface area contributed by atoms with Gasteiger partial charge < -0.3 is 5.32 Å². The standard InChI is InChI=1S/C11H13IN2O2S2/c12-10-5-8(1-2-11(10)14(15)16)13-6-9-7-17-3-4-18-9/h1-2,5,9,13H,3-4,6-7H2. The van der Waals surface area contributed by atoms with E-state index in [-0.39, 0.29) is 10.6 Å². The molecule has 1 aromatic rings. The smallest absolute Gasteiger partial charge is 0.282 e. The number of thioether (sulfide) groups is 2. The number of anilines is 1. The van der Waals surface area contributed by atoms with Crippen molar-refractivity contribution < 1.29 is 4.92 Å². The lowest BCUT2D eigenvalue weighted by Gasteiger charge is -2.21. The van der Waals surface area contributed by atoms with Crippen LogP contribution in [-0.2, 0) is 0 Å². The molecule has 1 atom stereocenters. The van der Waals surface area contributed by atoms with E-state index in [4.69, 9.17) is 0 Å². The van der Waals surface area contributed by atoms with Crippen LogP contribution in [0.4, 0.5) is 11.4 Å². The molecule has 18 heavy (non-hydrogen) atoms. The number of hydrogen-bond donors (Lipinski definition) is 1. The molecule has 1 saturated heterocycles. The van der Waals surface area contributed by atoms with Gasteiger partial charge in [-0.15, -0.1) is 0 Å². The fourth-order valence-corrected chi connectivity index (χ4v) is 4.98. The Balaban J connectivity index is 1.93. The predicted molar refractivity (Wildman–Crippen MR) is 87.9 cm³/mol. The van der Waals surface area contributed by atoms with Gasteiger partial charge in [-0.3, -0.25) is 10.1 Å². The van der Waals surface area contributed by atoms with Crippen molar-refractivity contribution in [2.75, 3.05) is 29.1 Å². The number of nitrogens with one attached hydrogen (secondary N) is 1. The molecule has 1 aliphatic heterocycles. The summed E-state index contributed by atoms with van der Waals surface area (Å²) in [7, 11) is 0. The molecule has 1 heterocycles. The number of nitrogens with zero attached hydrogens (tertiary/aromatic N) is 1. The lowest BCUT2D eigenvalue weighted by molar-refractivity contribution is -0.385. The van der Waals surface area contributed by atoms with E-state index < -0.39 is 0 Å². The van der Waals surface area contributed by atoms with Crippen LogP contribution < -0.4 is 5.32 Å². The van der Waals surface area contributed by atoms with Gasteiger partial charge in [-0.25, -0.2) is 0 Å². The van der Waals surface area contributed by atoms with Gasteiger partial charge in [0.15, 0.2) is 0 Å². The number of nitro benzene ring substituents is 1. The van der Waals surface area contributed by atoms with Gasteiger partial charge in [0, 0.05) is 40.8 Å². The van der Waals surface area contributed by atoms with Gasteiger partial charge >= 0.3 is 0 Å². The van der Waals surface area contributed by atoms with E-state index in [9.17, 15) is 10.1 Å². The Labute approximate surface area is 128 Å². The van der Waals surface area contributed by atoms with Crippen LogP contribution in [0.1, 0.15) is 0 Å². The summed E-state index contributed by atoms with van der Waals surface area (Å²) in [6.07, 6.45) is 0. The summed E-state index contributed by atoms with van der Waals surface area (Å²) in [5.41, 5.74) is 1.13. The van der Waals surface area contributed by atoms with E-state index in [0.717, 1.165) is 12.2 Å². The summed E-state index contributed by atoms with van der Waals surface area (Å²) in [4.78, 5) is 10.4. The summed E-state index contributed by atoms with van der Waals surface area (Å²) >= 11 is 6.00. The highest BCUT2D eigenvalue weighted by molar-refractivity contribution is 14.1. The second kappa shape index (κ2) is 6.85. The number of rotatable bonds is 4. The molecule has 1 aromatic carbocycles. The molecule has 1 unspecified atom stereocenters. The van der Waals surface area contributed by atoms with Gasteiger partial charge in [0.1, 0.15) is 0 Å².